The molecule has 0 bridgehead atoms. The highest BCUT2D eigenvalue weighted by molar-refractivity contribution is 6.09. The van der Waals surface area contributed by atoms with E-state index in [0.717, 1.165) is 18.5 Å². The third-order valence-corrected chi connectivity index (χ3v) is 5.62. The maximum absolute atomic E-state index is 4.83. The molecule has 134 valence electrons. The van der Waals surface area contributed by atoms with Crippen LogP contribution in [0.4, 0.5) is 5.69 Å². The molecular weight excluding hydrogens is 330 g/mol. The van der Waals surface area contributed by atoms with E-state index in [4.69, 9.17) is 5.10 Å². The van der Waals surface area contributed by atoms with E-state index >= 15 is 0 Å². The molecule has 0 radical (unpaired) electrons. The van der Waals surface area contributed by atoms with E-state index in [1.807, 2.05) is 6.21 Å². The van der Waals surface area contributed by atoms with Gasteiger partial charge in [0.15, 0.2) is 0 Å². The predicted octanol–water partition coefficient (Wildman–Crippen LogP) is 5.60. The summed E-state index contributed by atoms with van der Waals surface area (Å²) < 4.78 is 2.38. The van der Waals surface area contributed by atoms with Crippen molar-refractivity contribution in [1.82, 2.24) is 4.57 Å². The van der Waals surface area contributed by atoms with Gasteiger partial charge in [-0.2, -0.15) is 5.10 Å². The zero-order valence-corrected chi connectivity index (χ0v) is 15.8. The van der Waals surface area contributed by atoms with Gasteiger partial charge in [-0.05, 0) is 55.7 Å². The van der Waals surface area contributed by atoms with Gasteiger partial charge in [0.2, 0.25) is 0 Å². The van der Waals surface area contributed by atoms with Crippen molar-refractivity contribution in [3.8, 4) is 0 Å². The number of rotatable bonds is 3. The van der Waals surface area contributed by atoms with Crippen molar-refractivity contribution in [3.05, 3.63) is 77.9 Å². The van der Waals surface area contributed by atoms with Crippen LogP contribution in [0.3, 0.4) is 0 Å². The maximum Gasteiger partial charge on any atom is 0.0629 e. The van der Waals surface area contributed by atoms with Gasteiger partial charge in [-0.1, -0.05) is 42.5 Å². The second kappa shape index (κ2) is 6.27. The number of aryl methyl sites for hydroxylation is 1. The quantitative estimate of drug-likeness (QED) is 0.439. The van der Waals surface area contributed by atoms with Gasteiger partial charge in [0.1, 0.15) is 0 Å². The van der Waals surface area contributed by atoms with E-state index in [1.165, 1.54) is 33.1 Å². The van der Waals surface area contributed by atoms with Crippen LogP contribution in [0.2, 0.25) is 0 Å². The Balaban J connectivity index is 1.57. The van der Waals surface area contributed by atoms with Crippen molar-refractivity contribution in [2.75, 3.05) is 5.01 Å². The van der Waals surface area contributed by atoms with E-state index in [-0.39, 0.29) is 0 Å². The Morgan fingerprint density at radius 1 is 0.963 bits per heavy atom. The van der Waals surface area contributed by atoms with Gasteiger partial charge >= 0.3 is 0 Å². The standard InChI is InChI=1S/C24H23N3/c1-3-26-23-11-7-5-9-20(23)21-15-18(12-13-24(21)26)16-25-27-17(2)14-19-8-4-6-10-22(19)27/h4-13,15-17H,3,14H2,1-2H3/b25-16+. The van der Waals surface area contributed by atoms with Crippen molar-refractivity contribution >= 4 is 33.7 Å². The van der Waals surface area contributed by atoms with Crippen LogP contribution >= 0.6 is 0 Å². The zero-order valence-electron chi connectivity index (χ0n) is 15.8. The summed E-state index contributed by atoms with van der Waals surface area (Å²) in [4.78, 5) is 0. The number of fused-ring (bicyclic) bond motifs is 4. The molecule has 0 fully saturated rings. The Morgan fingerprint density at radius 2 is 1.74 bits per heavy atom. The van der Waals surface area contributed by atoms with Gasteiger partial charge in [0.05, 0.1) is 17.9 Å². The minimum atomic E-state index is 0.393. The normalized spacial score (nSPS) is 16.7. The maximum atomic E-state index is 4.83. The zero-order chi connectivity index (χ0) is 18.4. The molecule has 1 aliphatic rings. The first-order valence-electron chi connectivity index (χ1n) is 9.68. The predicted molar refractivity (Wildman–Crippen MR) is 115 cm³/mol. The van der Waals surface area contributed by atoms with Crippen LogP contribution in [-0.4, -0.2) is 16.8 Å². The number of para-hydroxylation sites is 2. The van der Waals surface area contributed by atoms with Crippen LogP contribution in [0.25, 0.3) is 21.8 Å². The number of anilines is 1. The van der Waals surface area contributed by atoms with Crippen molar-refractivity contribution in [3.63, 3.8) is 0 Å². The molecule has 0 aliphatic carbocycles. The summed E-state index contributed by atoms with van der Waals surface area (Å²) in [6, 6.07) is 24.3. The number of benzene rings is 3. The fourth-order valence-corrected chi connectivity index (χ4v) is 4.35. The number of nitrogens with zero attached hydrogens (tertiary/aromatic N) is 3. The van der Waals surface area contributed by atoms with Gasteiger partial charge in [0, 0.05) is 28.4 Å². The van der Waals surface area contributed by atoms with E-state index in [1.54, 1.807) is 0 Å². The molecule has 3 nitrogen and oxygen atoms in total. The summed E-state index contributed by atoms with van der Waals surface area (Å²) in [6.07, 6.45) is 3.05. The lowest BCUT2D eigenvalue weighted by Crippen LogP contribution is -2.23. The Bertz CT molecular complexity index is 1170. The average Bonchev–Trinajstić information content (AvgIpc) is 3.19. The molecule has 0 spiro atoms. The van der Waals surface area contributed by atoms with Gasteiger partial charge in [0.25, 0.3) is 0 Å². The molecule has 3 aromatic carbocycles. The SMILES string of the molecule is CCn1c2ccccc2c2cc(/C=N/N3c4ccccc4CC3C)ccc21. The monoisotopic (exact) mass is 353 g/mol. The molecule has 0 amide bonds. The second-order valence-electron chi connectivity index (χ2n) is 7.31. The third-order valence-electron chi connectivity index (χ3n) is 5.62. The molecule has 0 saturated heterocycles. The minimum Gasteiger partial charge on any atom is -0.341 e. The lowest BCUT2D eigenvalue weighted by atomic mass is 10.1. The van der Waals surface area contributed by atoms with Gasteiger partial charge < -0.3 is 4.57 Å². The van der Waals surface area contributed by atoms with Crippen LogP contribution in [0.5, 0.6) is 0 Å². The number of hydrogen-bond donors (Lipinski definition) is 0. The fourth-order valence-electron chi connectivity index (χ4n) is 4.35. The molecule has 5 rings (SSSR count). The Hall–Kier alpha value is -3.07. The van der Waals surface area contributed by atoms with Crippen LogP contribution in [0, 0.1) is 0 Å². The lowest BCUT2D eigenvalue weighted by molar-refractivity contribution is 0.700. The van der Waals surface area contributed by atoms with E-state index in [9.17, 15) is 0 Å². The molecule has 1 aliphatic heterocycles. The highest BCUT2D eigenvalue weighted by Gasteiger charge is 2.24. The second-order valence-corrected chi connectivity index (χ2v) is 7.31. The fraction of sp³-hybridized carbons (Fsp3) is 0.208. The first kappa shape index (κ1) is 16.1. The lowest BCUT2D eigenvalue weighted by Gasteiger charge is -2.18. The third kappa shape index (κ3) is 2.54. The molecule has 3 heteroatoms. The van der Waals surface area contributed by atoms with Gasteiger partial charge in [-0.25, -0.2) is 0 Å². The Labute approximate surface area is 159 Å². The van der Waals surface area contributed by atoms with Gasteiger partial charge in [-0.3, -0.25) is 5.01 Å². The van der Waals surface area contributed by atoms with Crippen molar-refractivity contribution < 1.29 is 0 Å². The minimum absolute atomic E-state index is 0.393. The number of hydrazone groups is 1. The molecular formula is C24H23N3. The summed E-state index contributed by atoms with van der Waals surface area (Å²) in [5.74, 6) is 0. The summed E-state index contributed by atoms with van der Waals surface area (Å²) in [5.41, 5.74) is 6.33. The van der Waals surface area contributed by atoms with Crippen LogP contribution in [0.1, 0.15) is 25.0 Å². The summed E-state index contributed by atoms with van der Waals surface area (Å²) in [5, 5.41) is 9.59. The summed E-state index contributed by atoms with van der Waals surface area (Å²) in [7, 11) is 0. The summed E-state index contributed by atoms with van der Waals surface area (Å²) >= 11 is 0. The molecule has 1 atom stereocenters. The molecule has 1 aromatic heterocycles. The largest absolute Gasteiger partial charge is 0.341 e. The topological polar surface area (TPSA) is 20.5 Å². The van der Waals surface area contributed by atoms with Crippen molar-refractivity contribution in [2.24, 2.45) is 5.10 Å². The first-order valence-corrected chi connectivity index (χ1v) is 9.68. The van der Waals surface area contributed by atoms with Crippen molar-refractivity contribution in [1.29, 1.82) is 0 Å². The molecule has 0 saturated carbocycles. The molecule has 4 aromatic rings. The van der Waals surface area contributed by atoms with Gasteiger partial charge in [-0.15, -0.1) is 0 Å². The molecule has 2 heterocycles. The number of aromatic nitrogens is 1. The van der Waals surface area contributed by atoms with Crippen LogP contribution in [0.15, 0.2) is 71.8 Å². The highest BCUT2D eigenvalue weighted by Crippen LogP contribution is 2.32. The smallest absolute Gasteiger partial charge is 0.0629 e. The first-order chi connectivity index (χ1) is 13.3. The summed E-state index contributed by atoms with van der Waals surface area (Å²) in [6.45, 7) is 5.41. The van der Waals surface area contributed by atoms with Crippen LogP contribution in [-0.2, 0) is 13.0 Å². The highest BCUT2D eigenvalue weighted by atomic mass is 15.5. The van der Waals surface area contributed by atoms with Crippen molar-refractivity contribution in [2.45, 2.75) is 32.9 Å². The Morgan fingerprint density at radius 3 is 2.63 bits per heavy atom. The van der Waals surface area contributed by atoms with E-state index in [2.05, 4.69) is 90.2 Å². The van der Waals surface area contributed by atoms with E-state index in [0.29, 0.717) is 6.04 Å². The molecule has 0 N–H and O–H groups in total. The molecule has 1 unspecified atom stereocenters. The molecule has 27 heavy (non-hydrogen) atoms. The van der Waals surface area contributed by atoms with E-state index < -0.39 is 0 Å². The number of hydrogen-bond acceptors (Lipinski definition) is 2. The Kier molecular flexibility index (Phi) is 3.75. The van der Waals surface area contributed by atoms with Crippen LogP contribution < -0.4 is 5.01 Å². The average molecular weight is 353 g/mol.